The quantitative estimate of drug-likeness (QED) is 0.229. The molecular formula is C36H36NO4+. The van der Waals surface area contributed by atoms with Crippen LogP contribution in [0.2, 0.25) is 0 Å². The van der Waals surface area contributed by atoms with E-state index < -0.39 is 0 Å². The number of carbonyl (C=O) groups excluding carboxylic acids is 1. The Hall–Kier alpha value is -4.38. The fraction of sp³-hybridized carbons (Fsp3) is 0.278. The molecule has 0 aromatic heterocycles. The van der Waals surface area contributed by atoms with Gasteiger partial charge in [0.05, 0.1) is 11.0 Å². The molecule has 208 valence electrons. The van der Waals surface area contributed by atoms with Gasteiger partial charge in [0.1, 0.15) is 36.2 Å². The van der Waals surface area contributed by atoms with Gasteiger partial charge in [0.2, 0.25) is 5.69 Å². The van der Waals surface area contributed by atoms with Crippen LogP contribution in [0.25, 0.3) is 6.08 Å². The van der Waals surface area contributed by atoms with Gasteiger partial charge in [0.25, 0.3) is 0 Å². The summed E-state index contributed by atoms with van der Waals surface area (Å²) >= 11 is 0. The number of nitrogens with zero attached hydrogens (tertiary/aromatic N) is 1. The minimum Gasteiger partial charge on any atom is -0.507 e. The van der Waals surface area contributed by atoms with E-state index in [9.17, 15) is 9.90 Å². The number of hydrogen-bond donors (Lipinski definition) is 1. The number of aromatic hydroxyl groups is 1. The highest BCUT2D eigenvalue weighted by Gasteiger charge is 2.43. The summed E-state index contributed by atoms with van der Waals surface area (Å²) in [4.78, 5) is 11.0. The van der Waals surface area contributed by atoms with Crippen molar-refractivity contribution in [1.29, 1.82) is 0 Å². The van der Waals surface area contributed by atoms with E-state index in [1.165, 1.54) is 28.1 Å². The number of para-hydroxylation sites is 1. The van der Waals surface area contributed by atoms with Gasteiger partial charge < -0.3 is 14.6 Å². The predicted octanol–water partition coefficient (Wildman–Crippen LogP) is 8.04. The summed E-state index contributed by atoms with van der Waals surface area (Å²) in [6, 6.07) is 19.6. The molecule has 3 aromatic carbocycles. The lowest BCUT2D eigenvalue weighted by Crippen LogP contribution is -2.28. The summed E-state index contributed by atoms with van der Waals surface area (Å²) in [5.41, 5.74) is 8.50. The number of hydrogen-bond acceptors (Lipinski definition) is 4. The summed E-state index contributed by atoms with van der Waals surface area (Å²) in [6.07, 6.45) is 11.6. The standard InChI is InChI=1S/C36H35NO4/c1-4-18-37-31-11-6-5-10-30(31)36(2,3)34(37)17-15-25-8-7-9-27-20-26-14-16-29(21-33(26)41-35(25)27)40-23-24-12-13-28(22-38)32(39)19-24/h5-6,10-17,19-22H,4,7-9,18,23H2,1-3H3/p+1/b17-15+. The maximum atomic E-state index is 11.0. The molecule has 3 aromatic rings. The number of phenols is 1. The SMILES string of the molecule is CCC[N+]1=C(/C=C/C2=C3Oc4cc(OCc5ccc(C=O)c(O)c5)ccc4C=C3CCC2)C(C)(C)c2ccccc21. The van der Waals surface area contributed by atoms with Gasteiger partial charge in [-0.2, -0.15) is 4.58 Å². The smallest absolute Gasteiger partial charge is 0.209 e. The monoisotopic (exact) mass is 546 g/mol. The zero-order chi connectivity index (χ0) is 28.6. The molecule has 0 amide bonds. The number of aldehydes is 1. The number of phenolic OH excluding ortho intramolecular Hbond substituents is 1. The summed E-state index contributed by atoms with van der Waals surface area (Å²) < 4.78 is 15.1. The van der Waals surface area contributed by atoms with Crippen molar-refractivity contribution >= 4 is 23.8 Å². The molecule has 41 heavy (non-hydrogen) atoms. The summed E-state index contributed by atoms with van der Waals surface area (Å²) in [7, 11) is 0. The Morgan fingerprint density at radius 3 is 2.71 bits per heavy atom. The summed E-state index contributed by atoms with van der Waals surface area (Å²) in [5.74, 6) is 2.38. The van der Waals surface area contributed by atoms with Crippen molar-refractivity contribution in [2.24, 2.45) is 0 Å². The average Bonchev–Trinajstić information content (AvgIpc) is 3.19. The number of carbonyl (C=O) groups is 1. The van der Waals surface area contributed by atoms with E-state index in [1.807, 2.05) is 18.2 Å². The van der Waals surface area contributed by atoms with E-state index in [4.69, 9.17) is 9.47 Å². The van der Waals surface area contributed by atoms with Crippen LogP contribution in [0, 0.1) is 0 Å². The second-order valence-electron chi connectivity index (χ2n) is 11.5. The van der Waals surface area contributed by atoms with Gasteiger partial charge in [0, 0.05) is 35.8 Å². The molecular weight excluding hydrogens is 510 g/mol. The first-order valence-corrected chi connectivity index (χ1v) is 14.5. The molecule has 5 heteroatoms. The highest BCUT2D eigenvalue weighted by molar-refractivity contribution is 6.03. The normalized spacial score (nSPS) is 17.1. The second kappa shape index (κ2) is 10.9. The third-order valence-electron chi connectivity index (χ3n) is 8.32. The van der Waals surface area contributed by atoms with Gasteiger partial charge in [-0.25, -0.2) is 0 Å². The lowest BCUT2D eigenvalue weighted by atomic mass is 9.81. The third-order valence-corrected chi connectivity index (χ3v) is 8.32. The first-order chi connectivity index (χ1) is 19.9. The van der Waals surface area contributed by atoms with Crippen molar-refractivity contribution in [3.05, 3.63) is 112 Å². The van der Waals surface area contributed by atoms with Gasteiger partial charge in [0.15, 0.2) is 12.0 Å². The fourth-order valence-corrected chi connectivity index (χ4v) is 6.17. The largest absolute Gasteiger partial charge is 0.507 e. The number of ether oxygens (including phenoxy) is 2. The van der Waals surface area contributed by atoms with Crippen molar-refractivity contribution in [3.8, 4) is 17.2 Å². The third kappa shape index (κ3) is 5.01. The van der Waals surface area contributed by atoms with Crippen molar-refractivity contribution in [2.45, 2.75) is 58.5 Å². The molecule has 0 unspecified atom stereocenters. The van der Waals surface area contributed by atoms with Crippen LogP contribution in [-0.4, -0.2) is 28.2 Å². The lowest BCUT2D eigenvalue weighted by molar-refractivity contribution is -0.437. The summed E-state index contributed by atoms with van der Waals surface area (Å²) in [5, 5.41) is 9.98. The molecule has 1 aliphatic carbocycles. The number of allylic oxidation sites excluding steroid dienone is 4. The Kier molecular flexibility index (Phi) is 7.12. The average molecular weight is 547 g/mol. The van der Waals surface area contributed by atoms with Gasteiger partial charge in [-0.15, -0.1) is 0 Å². The van der Waals surface area contributed by atoms with E-state index in [2.05, 4.69) is 67.8 Å². The van der Waals surface area contributed by atoms with Crippen molar-refractivity contribution in [3.63, 3.8) is 0 Å². The van der Waals surface area contributed by atoms with Gasteiger partial charge >= 0.3 is 0 Å². The number of rotatable bonds is 8. The van der Waals surface area contributed by atoms with Crippen LogP contribution in [0.15, 0.2) is 89.7 Å². The molecule has 2 aliphatic heterocycles. The van der Waals surface area contributed by atoms with Crippen molar-refractivity contribution in [1.82, 2.24) is 0 Å². The maximum Gasteiger partial charge on any atom is 0.209 e. The number of benzene rings is 3. The van der Waals surface area contributed by atoms with Crippen LogP contribution in [-0.2, 0) is 12.0 Å². The number of fused-ring (bicyclic) bond motifs is 3. The molecule has 1 N–H and O–H groups in total. The van der Waals surface area contributed by atoms with E-state index in [0.717, 1.165) is 54.9 Å². The molecule has 0 atom stereocenters. The Balaban J connectivity index is 1.27. The lowest BCUT2D eigenvalue weighted by Gasteiger charge is -2.27. The molecule has 0 bridgehead atoms. The van der Waals surface area contributed by atoms with Crippen LogP contribution >= 0.6 is 0 Å². The first kappa shape index (κ1) is 26.8. The highest BCUT2D eigenvalue weighted by Crippen LogP contribution is 2.43. The molecule has 0 fully saturated rings. The van der Waals surface area contributed by atoms with E-state index >= 15 is 0 Å². The molecule has 3 aliphatic rings. The van der Waals surface area contributed by atoms with Crippen LogP contribution in [0.1, 0.15) is 73.5 Å². The molecule has 6 rings (SSSR count). The highest BCUT2D eigenvalue weighted by atomic mass is 16.5. The minimum absolute atomic E-state index is 0.0433. The van der Waals surface area contributed by atoms with Crippen LogP contribution < -0.4 is 9.47 Å². The van der Waals surface area contributed by atoms with Crippen molar-refractivity contribution < 1.29 is 24.0 Å². The van der Waals surface area contributed by atoms with Crippen molar-refractivity contribution in [2.75, 3.05) is 6.54 Å². The van der Waals surface area contributed by atoms with E-state index in [0.29, 0.717) is 12.0 Å². The Morgan fingerprint density at radius 1 is 1.05 bits per heavy atom. The fourth-order valence-electron chi connectivity index (χ4n) is 6.17. The van der Waals surface area contributed by atoms with Gasteiger partial charge in [-0.3, -0.25) is 4.79 Å². The molecule has 2 heterocycles. The van der Waals surface area contributed by atoms with Gasteiger partial charge in [-0.1, -0.05) is 31.2 Å². The topological polar surface area (TPSA) is 58.8 Å². The van der Waals surface area contributed by atoms with E-state index in [-0.39, 0.29) is 23.3 Å². The molecule has 0 radical (unpaired) electrons. The molecule has 0 spiro atoms. The summed E-state index contributed by atoms with van der Waals surface area (Å²) in [6.45, 7) is 8.13. The Morgan fingerprint density at radius 2 is 1.90 bits per heavy atom. The maximum absolute atomic E-state index is 11.0. The Bertz CT molecular complexity index is 1650. The molecule has 0 saturated heterocycles. The van der Waals surface area contributed by atoms with Crippen LogP contribution in [0.3, 0.4) is 0 Å². The van der Waals surface area contributed by atoms with Crippen LogP contribution in [0.5, 0.6) is 17.2 Å². The zero-order valence-corrected chi connectivity index (χ0v) is 23.9. The Labute approximate surface area is 241 Å². The first-order valence-electron chi connectivity index (χ1n) is 14.5. The minimum atomic E-state index is -0.0720. The van der Waals surface area contributed by atoms with Crippen LogP contribution in [0.4, 0.5) is 5.69 Å². The molecule has 0 saturated carbocycles. The van der Waals surface area contributed by atoms with E-state index in [1.54, 1.807) is 18.2 Å². The zero-order valence-electron chi connectivity index (χ0n) is 23.9. The predicted molar refractivity (Wildman–Crippen MR) is 162 cm³/mol. The molecule has 5 nitrogen and oxygen atoms in total. The second-order valence-corrected chi connectivity index (χ2v) is 11.5. The van der Waals surface area contributed by atoms with Gasteiger partial charge in [-0.05, 0) is 86.2 Å².